The van der Waals surface area contributed by atoms with Crippen LogP contribution in [0, 0.1) is 0 Å². The largest absolute Gasteiger partial charge is 0.508 e. The highest BCUT2D eigenvalue weighted by molar-refractivity contribution is 6.40. The summed E-state index contributed by atoms with van der Waals surface area (Å²) in [5, 5.41) is 22.5. The number of phenols is 1. The second-order valence-electron chi connectivity index (χ2n) is 7.46. The number of likely N-dealkylation sites (N-methyl/N-ethyl adjacent to an activating group) is 1. The molecule has 0 aliphatic carbocycles. The van der Waals surface area contributed by atoms with Gasteiger partial charge in [0.25, 0.3) is 0 Å². The van der Waals surface area contributed by atoms with E-state index in [2.05, 4.69) is 10.3 Å². The molecule has 0 fully saturated rings. The minimum Gasteiger partial charge on any atom is -0.508 e. The van der Waals surface area contributed by atoms with Gasteiger partial charge in [0, 0.05) is 30.5 Å². The van der Waals surface area contributed by atoms with Gasteiger partial charge in [-0.25, -0.2) is 9.78 Å². The minimum absolute atomic E-state index is 0.152. The van der Waals surface area contributed by atoms with Crippen molar-refractivity contribution in [3.63, 3.8) is 0 Å². The summed E-state index contributed by atoms with van der Waals surface area (Å²) >= 11 is 18.0. The molecule has 1 atom stereocenters. The van der Waals surface area contributed by atoms with Crippen molar-refractivity contribution in [1.29, 1.82) is 0 Å². The first kappa shape index (κ1) is 28.7. The Balaban J connectivity index is 0.000000303. The Morgan fingerprint density at radius 1 is 1.20 bits per heavy atom. The number of amides is 1. The molecule has 3 N–H and O–H groups in total. The maximum Gasteiger partial charge on any atom is 0.329 e. The molecule has 11 heteroatoms. The van der Waals surface area contributed by atoms with Crippen molar-refractivity contribution in [2.75, 3.05) is 33.3 Å². The lowest BCUT2D eigenvalue weighted by Crippen LogP contribution is -2.37. The molecule has 0 bridgehead atoms. The number of carbonyl (C=O) groups excluding carboxylic acids is 1. The number of nitrogens with one attached hydrogen (secondary N) is 1. The zero-order valence-electron chi connectivity index (χ0n) is 19.5. The molecule has 8 nitrogen and oxygen atoms in total. The third-order valence-electron chi connectivity index (χ3n) is 4.71. The normalized spacial score (nSPS) is 11.4. The molecular weight excluding hydrogens is 515 g/mol. The van der Waals surface area contributed by atoms with E-state index in [0.29, 0.717) is 40.5 Å². The number of hydrogen-bond donors (Lipinski definition) is 3. The number of benzene rings is 2. The molecule has 3 rings (SSSR count). The van der Waals surface area contributed by atoms with Crippen molar-refractivity contribution in [1.82, 2.24) is 19.8 Å². The van der Waals surface area contributed by atoms with E-state index in [4.69, 9.17) is 44.6 Å². The van der Waals surface area contributed by atoms with Crippen molar-refractivity contribution in [2.45, 2.75) is 19.4 Å². The van der Waals surface area contributed by atoms with Gasteiger partial charge in [0.1, 0.15) is 18.7 Å². The van der Waals surface area contributed by atoms with Gasteiger partial charge >= 0.3 is 6.03 Å². The van der Waals surface area contributed by atoms with Crippen LogP contribution in [0.4, 0.5) is 4.79 Å². The van der Waals surface area contributed by atoms with Gasteiger partial charge in [-0.15, -0.1) is 0 Å². The van der Waals surface area contributed by atoms with Crippen LogP contribution in [0.15, 0.2) is 55.1 Å². The molecule has 0 aliphatic heterocycles. The van der Waals surface area contributed by atoms with Crippen LogP contribution in [0.1, 0.15) is 25.0 Å². The fourth-order valence-electron chi connectivity index (χ4n) is 3.08. The number of carbonyl (C=O) groups is 1. The summed E-state index contributed by atoms with van der Waals surface area (Å²) in [5.41, 5.74) is 0.726. The van der Waals surface area contributed by atoms with E-state index < -0.39 is 6.10 Å². The molecule has 190 valence electrons. The van der Waals surface area contributed by atoms with Gasteiger partial charge in [-0.05, 0) is 43.3 Å². The van der Waals surface area contributed by atoms with Crippen molar-refractivity contribution >= 4 is 40.8 Å². The lowest BCUT2D eigenvalue weighted by molar-refractivity contribution is 0.177. The van der Waals surface area contributed by atoms with Crippen molar-refractivity contribution in [3.8, 4) is 11.5 Å². The maximum atomic E-state index is 12.3. The number of phenolic OH excluding ortho intramolecular Hbond substituents is 1. The van der Waals surface area contributed by atoms with Crippen LogP contribution >= 0.6 is 34.8 Å². The molecule has 35 heavy (non-hydrogen) atoms. The van der Waals surface area contributed by atoms with Crippen LogP contribution in [0.3, 0.4) is 0 Å². The number of nitrogens with zero attached hydrogens (tertiary/aromatic N) is 3. The Bertz CT molecular complexity index is 1040. The second kappa shape index (κ2) is 14.8. The molecule has 1 aromatic heterocycles. The summed E-state index contributed by atoms with van der Waals surface area (Å²) in [5.74, 6) is 0.548. The van der Waals surface area contributed by atoms with E-state index in [1.54, 1.807) is 60.7 Å². The van der Waals surface area contributed by atoms with Gasteiger partial charge in [-0.1, -0.05) is 53.9 Å². The molecule has 0 spiro atoms. The molecular formula is C24H29Cl3N4O4. The Morgan fingerprint density at radius 3 is 2.49 bits per heavy atom. The molecule has 0 saturated carbocycles. The quantitative estimate of drug-likeness (QED) is 0.341. The summed E-state index contributed by atoms with van der Waals surface area (Å²) in [4.78, 5) is 17.9. The number of hydrogen-bond acceptors (Lipinski definition) is 6. The second-order valence-corrected chi connectivity index (χ2v) is 8.71. The fourth-order valence-corrected chi connectivity index (χ4v) is 4.00. The molecule has 0 radical (unpaired) electrons. The predicted molar refractivity (Wildman–Crippen MR) is 139 cm³/mol. The first-order valence-corrected chi connectivity index (χ1v) is 12.1. The van der Waals surface area contributed by atoms with E-state index in [0.717, 1.165) is 12.0 Å². The molecule has 0 unspecified atom stereocenters. The van der Waals surface area contributed by atoms with Crippen LogP contribution in [-0.2, 0) is 0 Å². The zero-order valence-corrected chi connectivity index (χ0v) is 21.8. The topological polar surface area (TPSA) is 99.9 Å². The number of halogens is 3. The van der Waals surface area contributed by atoms with E-state index in [-0.39, 0.29) is 18.4 Å². The lowest BCUT2D eigenvalue weighted by atomic mass is 10.1. The number of ether oxygens (including phenoxy) is 1. The number of rotatable bonds is 9. The summed E-state index contributed by atoms with van der Waals surface area (Å²) in [7, 11) is 1.77. The standard InChI is InChI=1S/C15H16Cl3N3O2.C9H13NO2/c1-2-4-20(15(22)21-5-3-19-10-21)6-7-23-14-12(17)8-11(16)9-13(14)18;1-10-6-9(12)7-3-2-4-8(11)5-7/h3,5,8-10H,2,4,6-7H2,1H3;2-5,9-12H,6H2,1H3/t;9-/m.0/s1. The van der Waals surface area contributed by atoms with Crippen LogP contribution in [0.25, 0.3) is 0 Å². The van der Waals surface area contributed by atoms with Crippen LogP contribution in [-0.4, -0.2) is 64.0 Å². The van der Waals surface area contributed by atoms with E-state index >= 15 is 0 Å². The van der Waals surface area contributed by atoms with Gasteiger partial charge < -0.3 is 25.2 Å². The van der Waals surface area contributed by atoms with Gasteiger partial charge in [-0.3, -0.25) is 4.57 Å². The van der Waals surface area contributed by atoms with Crippen molar-refractivity contribution in [2.24, 2.45) is 0 Å². The lowest BCUT2D eigenvalue weighted by Gasteiger charge is -2.22. The Kier molecular flexibility index (Phi) is 12.2. The number of imidazole rings is 1. The van der Waals surface area contributed by atoms with Gasteiger partial charge in [0.05, 0.1) is 22.7 Å². The number of aromatic nitrogens is 2. The average molecular weight is 544 g/mol. The third-order valence-corrected chi connectivity index (χ3v) is 5.49. The molecule has 1 amide bonds. The summed E-state index contributed by atoms with van der Waals surface area (Å²) in [6.45, 7) is 3.77. The number of aromatic hydroxyl groups is 1. The van der Waals surface area contributed by atoms with Gasteiger partial charge in [-0.2, -0.15) is 0 Å². The first-order chi connectivity index (χ1) is 16.8. The Labute approximate surface area is 220 Å². The van der Waals surface area contributed by atoms with E-state index in [1.165, 1.54) is 10.9 Å². The minimum atomic E-state index is -0.554. The molecule has 2 aromatic carbocycles. The molecule has 3 aromatic rings. The highest BCUT2D eigenvalue weighted by atomic mass is 35.5. The summed E-state index contributed by atoms with van der Waals surface area (Å²) in [6.07, 6.45) is 4.92. The van der Waals surface area contributed by atoms with Crippen molar-refractivity contribution < 1.29 is 19.7 Å². The van der Waals surface area contributed by atoms with Crippen LogP contribution in [0.2, 0.25) is 15.1 Å². The Hall–Kier alpha value is -2.49. The zero-order chi connectivity index (χ0) is 25.8. The van der Waals surface area contributed by atoms with Crippen molar-refractivity contribution in [3.05, 3.63) is 75.8 Å². The Morgan fingerprint density at radius 2 is 1.91 bits per heavy atom. The fraction of sp³-hybridized carbons (Fsp3) is 0.333. The molecule has 0 saturated heterocycles. The van der Waals surface area contributed by atoms with E-state index in [1.807, 2.05) is 6.92 Å². The van der Waals surface area contributed by atoms with Crippen LogP contribution < -0.4 is 10.1 Å². The van der Waals surface area contributed by atoms with Gasteiger partial charge in [0.2, 0.25) is 0 Å². The predicted octanol–water partition coefficient (Wildman–Crippen LogP) is 5.25. The third kappa shape index (κ3) is 9.23. The highest BCUT2D eigenvalue weighted by Crippen LogP contribution is 2.35. The summed E-state index contributed by atoms with van der Waals surface area (Å²) in [6, 6.07) is 9.60. The maximum absolute atomic E-state index is 12.3. The highest BCUT2D eigenvalue weighted by Gasteiger charge is 2.15. The number of aliphatic hydroxyl groups is 1. The smallest absolute Gasteiger partial charge is 0.329 e. The average Bonchev–Trinajstić information content (AvgIpc) is 3.35. The SMILES string of the molecule is CCCN(CCOc1c(Cl)cc(Cl)cc1Cl)C(=O)n1ccnc1.CNC[C@H](O)c1cccc(O)c1. The first-order valence-electron chi connectivity index (χ1n) is 10.9. The molecule has 1 heterocycles. The molecule has 0 aliphatic rings. The monoisotopic (exact) mass is 542 g/mol. The summed E-state index contributed by atoms with van der Waals surface area (Å²) < 4.78 is 7.05. The van der Waals surface area contributed by atoms with Crippen LogP contribution in [0.5, 0.6) is 11.5 Å². The van der Waals surface area contributed by atoms with E-state index in [9.17, 15) is 9.90 Å². The van der Waals surface area contributed by atoms with Gasteiger partial charge in [0.15, 0.2) is 5.75 Å². The number of aliphatic hydroxyl groups excluding tert-OH is 1.